The molecule has 0 amide bonds. The van der Waals surface area contributed by atoms with E-state index in [9.17, 15) is 0 Å². The van der Waals surface area contributed by atoms with Crippen molar-refractivity contribution in [1.29, 1.82) is 0 Å². The molecule has 0 saturated carbocycles. The molecule has 20 heavy (non-hydrogen) atoms. The Labute approximate surface area is 121 Å². The van der Waals surface area contributed by atoms with Gasteiger partial charge in [0, 0.05) is 31.2 Å². The second-order valence-corrected chi connectivity index (χ2v) is 5.03. The fourth-order valence-electron chi connectivity index (χ4n) is 2.39. The summed E-state index contributed by atoms with van der Waals surface area (Å²) in [6, 6.07) is 10.5. The van der Waals surface area contributed by atoms with Crippen LogP contribution in [-0.2, 0) is 6.54 Å². The number of anilines is 1. The summed E-state index contributed by atoms with van der Waals surface area (Å²) in [6.45, 7) is 5.60. The molecule has 0 fully saturated rings. The number of rotatable bonds is 7. The van der Waals surface area contributed by atoms with Crippen molar-refractivity contribution in [3.63, 3.8) is 0 Å². The summed E-state index contributed by atoms with van der Waals surface area (Å²) in [7, 11) is 4.10. The molecule has 0 aliphatic rings. The van der Waals surface area contributed by atoms with Crippen LogP contribution in [0.15, 0.2) is 43.0 Å². The van der Waals surface area contributed by atoms with Crippen LogP contribution in [0.4, 0.5) is 5.69 Å². The summed E-state index contributed by atoms with van der Waals surface area (Å²) in [5.74, 6) is 0. The minimum Gasteiger partial charge on any atom is -0.374 e. The molecule has 0 atom stereocenters. The van der Waals surface area contributed by atoms with E-state index in [1.807, 2.05) is 19.2 Å². The molecule has 1 heterocycles. The molecule has 0 spiro atoms. The summed E-state index contributed by atoms with van der Waals surface area (Å²) in [6.07, 6.45) is 4.15. The Morgan fingerprint density at radius 2 is 2.15 bits per heavy atom. The average molecular weight is 269 g/mol. The van der Waals surface area contributed by atoms with E-state index >= 15 is 0 Å². The average Bonchev–Trinajstić information content (AvgIpc) is 2.47. The van der Waals surface area contributed by atoms with Crippen molar-refractivity contribution in [2.45, 2.75) is 19.4 Å². The van der Waals surface area contributed by atoms with E-state index in [-0.39, 0.29) is 0 Å². The fourth-order valence-corrected chi connectivity index (χ4v) is 2.39. The van der Waals surface area contributed by atoms with Crippen LogP contribution < -0.4 is 10.2 Å². The molecule has 1 aromatic heterocycles. The van der Waals surface area contributed by atoms with Gasteiger partial charge in [-0.2, -0.15) is 0 Å². The molecule has 3 nitrogen and oxygen atoms in total. The van der Waals surface area contributed by atoms with E-state index in [0.717, 1.165) is 37.1 Å². The molecule has 0 unspecified atom stereocenters. The second-order valence-electron chi connectivity index (χ2n) is 5.03. The number of benzene rings is 1. The van der Waals surface area contributed by atoms with Crippen molar-refractivity contribution in [3.05, 3.63) is 48.7 Å². The third-order valence-corrected chi connectivity index (χ3v) is 3.42. The van der Waals surface area contributed by atoms with Gasteiger partial charge in [-0.3, -0.25) is 4.98 Å². The van der Waals surface area contributed by atoms with Crippen LogP contribution in [0.25, 0.3) is 10.9 Å². The monoisotopic (exact) mass is 269 g/mol. The molecule has 0 radical (unpaired) electrons. The third kappa shape index (κ3) is 3.36. The first kappa shape index (κ1) is 14.5. The first-order chi connectivity index (χ1) is 9.76. The number of allylic oxidation sites excluding steroid dienone is 1. The van der Waals surface area contributed by atoms with Crippen LogP contribution in [0.3, 0.4) is 0 Å². The first-order valence-electron chi connectivity index (χ1n) is 7.11. The Bertz CT molecular complexity index is 577. The predicted molar refractivity (Wildman–Crippen MR) is 87.2 cm³/mol. The van der Waals surface area contributed by atoms with Crippen LogP contribution >= 0.6 is 0 Å². The standard InChI is InChI=1S/C17H23N3/c1-4-5-8-11-20(3)17-12-14(13-18-2)19-16-10-7-6-9-15(16)17/h4,6-7,9-10,12,18H,1,5,8,11,13H2,2-3H3. The van der Waals surface area contributed by atoms with E-state index in [1.54, 1.807) is 0 Å². The van der Waals surface area contributed by atoms with Gasteiger partial charge in [0.1, 0.15) is 0 Å². The van der Waals surface area contributed by atoms with E-state index < -0.39 is 0 Å². The van der Waals surface area contributed by atoms with Gasteiger partial charge in [0.05, 0.1) is 11.2 Å². The Balaban J connectivity index is 2.35. The van der Waals surface area contributed by atoms with Gasteiger partial charge in [-0.1, -0.05) is 24.3 Å². The zero-order chi connectivity index (χ0) is 14.4. The number of para-hydroxylation sites is 1. The molecule has 0 aliphatic carbocycles. The number of hydrogen-bond donors (Lipinski definition) is 1. The van der Waals surface area contributed by atoms with E-state index in [2.05, 4.69) is 48.1 Å². The highest BCUT2D eigenvalue weighted by Crippen LogP contribution is 2.26. The van der Waals surface area contributed by atoms with Gasteiger partial charge in [-0.05, 0) is 32.0 Å². The minimum absolute atomic E-state index is 0.790. The quantitative estimate of drug-likeness (QED) is 0.617. The third-order valence-electron chi connectivity index (χ3n) is 3.42. The Kier molecular flexibility index (Phi) is 5.13. The van der Waals surface area contributed by atoms with E-state index in [0.29, 0.717) is 0 Å². The lowest BCUT2D eigenvalue weighted by molar-refractivity contribution is 0.785. The zero-order valence-electron chi connectivity index (χ0n) is 12.4. The molecule has 0 bridgehead atoms. The molecule has 0 saturated heterocycles. The summed E-state index contributed by atoms with van der Waals surface area (Å²) >= 11 is 0. The molecule has 1 aromatic carbocycles. The highest BCUT2D eigenvalue weighted by molar-refractivity contribution is 5.91. The van der Waals surface area contributed by atoms with E-state index in [1.165, 1.54) is 11.1 Å². The molecular weight excluding hydrogens is 246 g/mol. The van der Waals surface area contributed by atoms with Crippen molar-refractivity contribution < 1.29 is 0 Å². The molecule has 106 valence electrons. The van der Waals surface area contributed by atoms with Gasteiger partial charge in [-0.25, -0.2) is 0 Å². The number of nitrogens with zero attached hydrogens (tertiary/aromatic N) is 2. The molecule has 0 aliphatic heterocycles. The number of nitrogens with one attached hydrogen (secondary N) is 1. The van der Waals surface area contributed by atoms with Gasteiger partial charge in [0.25, 0.3) is 0 Å². The van der Waals surface area contributed by atoms with E-state index in [4.69, 9.17) is 4.98 Å². The van der Waals surface area contributed by atoms with Gasteiger partial charge in [0.2, 0.25) is 0 Å². The van der Waals surface area contributed by atoms with Crippen molar-refractivity contribution in [3.8, 4) is 0 Å². The minimum atomic E-state index is 0.790. The van der Waals surface area contributed by atoms with Crippen molar-refractivity contribution in [1.82, 2.24) is 10.3 Å². The summed E-state index contributed by atoms with van der Waals surface area (Å²) in [4.78, 5) is 7.01. The molecule has 1 N–H and O–H groups in total. The molecule has 2 rings (SSSR count). The fraction of sp³-hybridized carbons (Fsp3) is 0.353. The maximum absolute atomic E-state index is 4.70. The Morgan fingerprint density at radius 3 is 2.90 bits per heavy atom. The maximum atomic E-state index is 4.70. The van der Waals surface area contributed by atoms with Crippen LogP contribution in [-0.4, -0.2) is 25.6 Å². The number of hydrogen-bond acceptors (Lipinski definition) is 3. The summed E-state index contributed by atoms with van der Waals surface area (Å²) < 4.78 is 0. The first-order valence-corrected chi connectivity index (χ1v) is 7.11. The predicted octanol–water partition coefficient (Wildman–Crippen LogP) is 3.36. The normalized spacial score (nSPS) is 10.7. The number of pyridine rings is 1. The lowest BCUT2D eigenvalue weighted by atomic mass is 10.1. The van der Waals surface area contributed by atoms with Crippen LogP contribution in [0.2, 0.25) is 0 Å². The Morgan fingerprint density at radius 1 is 1.35 bits per heavy atom. The number of fused-ring (bicyclic) bond motifs is 1. The molecule has 2 aromatic rings. The van der Waals surface area contributed by atoms with Gasteiger partial charge >= 0.3 is 0 Å². The topological polar surface area (TPSA) is 28.2 Å². The lowest BCUT2D eigenvalue weighted by Gasteiger charge is -2.21. The Hall–Kier alpha value is -1.87. The summed E-state index contributed by atoms with van der Waals surface area (Å²) in [5.41, 5.74) is 3.40. The van der Waals surface area contributed by atoms with Gasteiger partial charge in [0.15, 0.2) is 0 Å². The smallest absolute Gasteiger partial charge is 0.0726 e. The highest BCUT2D eigenvalue weighted by Gasteiger charge is 2.09. The van der Waals surface area contributed by atoms with Gasteiger partial charge in [-0.15, -0.1) is 6.58 Å². The highest BCUT2D eigenvalue weighted by atomic mass is 15.1. The van der Waals surface area contributed by atoms with Crippen molar-refractivity contribution in [2.24, 2.45) is 0 Å². The van der Waals surface area contributed by atoms with Crippen LogP contribution in [0.1, 0.15) is 18.5 Å². The second kappa shape index (κ2) is 7.06. The number of aromatic nitrogens is 1. The molecular formula is C17H23N3. The van der Waals surface area contributed by atoms with Crippen LogP contribution in [0.5, 0.6) is 0 Å². The van der Waals surface area contributed by atoms with Crippen LogP contribution in [0, 0.1) is 0 Å². The SMILES string of the molecule is C=CCCCN(C)c1cc(CNC)nc2ccccc12. The maximum Gasteiger partial charge on any atom is 0.0726 e. The summed E-state index contributed by atoms with van der Waals surface area (Å²) in [5, 5.41) is 4.39. The molecule has 3 heteroatoms. The van der Waals surface area contributed by atoms with Crippen molar-refractivity contribution in [2.75, 3.05) is 25.5 Å². The lowest BCUT2D eigenvalue weighted by Crippen LogP contribution is -2.19. The largest absolute Gasteiger partial charge is 0.374 e. The van der Waals surface area contributed by atoms with Gasteiger partial charge < -0.3 is 10.2 Å². The van der Waals surface area contributed by atoms with Crippen molar-refractivity contribution >= 4 is 16.6 Å². The number of unbranched alkanes of at least 4 members (excludes halogenated alkanes) is 1. The zero-order valence-corrected chi connectivity index (χ0v) is 12.4.